The summed E-state index contributed by atoms with van der Waals surface area (Å²) in [4.78, 5) is 35.5. The van der Waals surface area contributed by atoms with Crippen molar-refractivity contribution in [2.24, 2.45) is 0 Å². The van der Waals surface area contributed by atoms with E-state index in [1.54, 1.807) is 6.20 Å². The Hall–Kier alpha value is -3.06. The molecule has 0 aliphatic heterocycles. The molecule has 0 radical (unpaired) electrons. The Morgan fingerprint density at radius 2 is 2.04 bits per heavy atom. The van der Waals surface area contributed by atoms with Gasteiger partial charge < -0.3 is 5.32 Å². The maximum atomic E-state index is 13.1. The third kappa shape index (κ3) is 3.18. The van der Waals surface area contributed by atoms with Gasteiger partial charge in [-0.2, -0.15) is 0 Å². The topological polar surface area (TPSA) is 76.9 Å². The number of nitrogens with one attached hydrogen (secondary N) is 1. The molecular formula is C21H20N4O2S. The molecule has 0 aliphatic rings. The average Bonchev–Trinajstić information content (AvgIpc) is 3.06. The Balaban J connectivity index is 1.72. The van der Waals surface area contributed by atoms with Crippen molar-refractivity contribution in [1.82, 2.24) is 14.5 Å². The zero-order valence-electron chi connectivity index (χ0n) is 15.9. The van der Waals surface area contributed by atoms with Crippen molar-refractivity contribution in [2.75, 3.05) is 5.32 Å². The molecule has 0 saturated carbocycles. The molecule has 0 spiro atoms. The first kappa shape index (κ1) is 18.3. The molecule has 0 unspecified atom stereocenters. The number of pyridine rings is 1. The zero-order valence-corrected chi connectivity index (χ0v) is 16.8. The molecule has 0 atom stereocenters. The molecule has 142 valence electrons. The van der Waals surface area contributed by atoms with E-state index in [0.717, 1.165) is 27.0 Å². The monoisotopic (exact) mass is 392 g/mol. The summed E-state index contributed by atoms with van der Waals surface area (Å²) in [6, 6.07) is 9.51. The fraction of sp³-hybridized carbons (Fsp3) is 0.238. The summed E-state index contributed by atoms with van der Waals surface area (Å²) < 4.78 is 2.00. The lowest BCUT2D eigenvalue weighted by Gasteiger charge is -2.12. The smallest absolute Gasteiger partial charge is 0.272 e. The van der Waals surface area contributed by atoms with Crippen LogP contribution in [-0.4, -0.2) is 20.4 Å². The summed E-state index contributed by atoms with van der Waals surface area (Å²) in [6.45, 7) is 5.88. The van der Waals surface area contributed by atoms with Crippen molar-refractivity contribution < 1.29 is 4.79 Å². The number of carbonyl (C=O) groups excluding carboxylic acids is 1. The quantitative estimate of drug-likeness (QED) is 0.573. The summed E-state index contributed by atoms with van der Waals surface area (Å²) in [7, 11) is 0. The fourth-order valence-electron chi connectivity index (χ4n) is 3.20. The van der Waals surface area contributed by atoms with Gasteiger partial charge in [0.25, 0.3) is 5.56 Å². The van der Waals surface area contributed by atoms with E-state index in [1.807, 2.05) is 51.1 Å². The van der Waals surface area contributed by atoms with Crippen LogP contribution in [0.15, 0.2) is 41.3 Å². The molecule has 28 heavy (non-hydrogen) atoms. The highest BCUT2D eigenvalue weighted by Crippen LogP contribution is 2.28. The third-order valence-electron chi connectivity index (χ3n) is 4.84. The van der Waals surface area contributed by atoms with E-state index in [0.29, 0.717) is 22.5 Å². The number of fused-ring (bicyclic) bond motifs is 3. The van der Waals surface area contributed by atoms with Crippen molar-refractivity contribution in [3.8, 4) is 0 Å². The molecule has 1 amide bonds. The number of carbonyl (C=O) groups is 1. The number of amides is 1. The molecule has 3 heterocycles. The van der Waals surface area contributed by atoms with Crippen LogP contribution in [0, 0.1) is 13.8 Å². The molecule has 1 aromatic carbocycles. The van der Waals surface area contributed by atoms with E-state index >= 15 is 0 Å². The van der Waals surface area contributed by atoms with Gasteiger partial charge in [-0.25, -0.2) is 9.97 Å². The maximum Gasteiger partial charge on any atom is 0.272 e. The largest absolute Gasteiger partial charge is 0.325 e. The molecule has 6 nitrogen and oxygen atoms in total. The van der Waals surface area contributed by atoms with Crippen molar-refractivity contribution in [3.05, 3.63) is 63.8 Å². The van der Waals surface area contributed by atoms with Crippen LogP contribution in [0.2, 0.25) is 0 Å². The van der Waals surface area contributed by atoms with Crippen molar-refractivity contribution in [1.29, 1.82) is 0 Å². The summed E-state index contributed by atoms with van der Waals surface area (Å²) >= 11 is 1.32. The number of rotatable bonds is 4. The molecule has 3 aromatic heterocycles. The Kier molecular flexibility index (Phi) is 4.68. The maximum absolute atomic E-state index is 13.1. The Morgan fingerprint density at radius 1 is 1.21 bits per heavy atom. The van der Waals surface area contributed by atoms with Gasteiger partial charge in [0.05, 0.1) is 5.52 Å². The standard InChI is InChI=1S/C21H20N4O2S/c1-4-16-24-18-15-6-5-9-22-20(15)28-19(18)21(27)25(16)11-17(26)23-14-8-7-12(2)13(3)10-14/h5-10H,4,11H2,1-3H3,(H,23,26). The minimum atomic E-state index is -0.250. The molecule has 1 N–H and O–H groups in total. The van der Waals surface area contributed by atoms with Crippen LogP contribution in [0.3, 0.4) is 0 Å². The van der Waals surface area contributed by atoms with Gasteiger partial charge in [0.1, 0.15) is 21.9 Å². The first-order chi connectivity index (χ1) is 13.5. The van der Waals surface area contributed by atoms with Gasteiger partial charge in [-0.3, -0.25) is 14.2 Å². The first-order valence-corrected chi connectivity index (χ1v) is 9.93. The van der Waals surface area contributed by atoms with Gasteiger partial charge in [-0.15, -0.1) is 11.3 Å². The highest BCUT2D eigenvalue weighted by molar-refractivity contribution is 7.25. The van der Waals surface area contributed by atoms with E-state index in [9.17, 15) is 9.59 Å². The number of anilines is 1. The number of hydrogen-bond acceptors (Lipinski definition) is 5. The van der Waals surface area contributed by atoms with Gasteiger partial charge in [-0.05, 0) is 49.2 Å². The van der Waals surface area contributed by atoms with E-state index < -0.39 is 0 Å². The van der Waals surface area contributed by atoms with Gasteiger partial charge in [0, 0.05) is 23.7 Å². The number of benzene rings is 1. The predicted molar refractivity (Wildman–Crippen MR) is 113 cm³/mol. The van der Waals surface area contributed by atoms with E-state index in [4.69, 9.17) is 0 Å². The van der Waals surface area contributed by atoms with E-state index in [1.165, 1.54) is 15.9 Å². The minimum Gasteiger partial charge on any atom is -0.325 e. The summed E-state index contributed by atoms with van der Waals surface area (Å²) in [5, 5.41) is 3.75. The summed E-state index contributed by atoms with van der Waals surface area (Å²) in [5.74, 6) is 0.344. The van der Waals surface area contributed by atoms with E-state index in [-0.39, 0.29) is 18.0 Å². The minimum absolute atomic E-state index is 0.0699. The number of hydrogen-bond donors (Lipinski definition) is 1. The van der Waals surface area contributed by atoms with Gasteiger partial charge in [0.15, 0.2) is 0 Å². The van der Waals surface area contributed by atoms with Gasteiger partial charge in [0.2, 0.25) is 5.91 Å². The second-order valence-corrected chi connectivity index (χ2v) is 7.76. The second kappa shape index (κ2) is 7.16. The molecule has 0 fully saturated rings. The lowest BCUT2D eigenvalue weighted by molar-refractivity contribution is -0.116. The molecule has 7 heteroatoms. The Morgan fingerprint density at radius 3 is 2.79 bits per heavy atom. The molecule has 0 bridgehead atoms. The van der Waals surface area contributed by atoms with Crippen molar-refractivity contribution >= 4 is 43.4 Å². The van der Waals surface area contributed by atoms with E-state index in [2.05, 4.69) is 15.3 Å². The first-order valence-electron chi connectivity index (χ1n) is 9.12. The van der Waals surface area contributed by atoms with Crippen LogP contribution >= 0.6 is 11.3 Å². The van der Waals surface area contributed by atoms with Crippen LogP contribution < -0.4 is 10.9 Å². The highest BCUT2D eigenvalue weighted by Gasteiger charge is 2.17. The number of aryl methyl sites for hydroxylation is 3. The molecule has 0 aliphatic carbocycles. The molecule has 4 aromatic rings. The molecule has 0 saturated heterocycles. The Bertz CT molecular complexity index is 1270. The van der Waals surface area contributed by atoms with Gasteiger partial charge >= 0.3 is 0 Å². The number of nitrogens with zero attached hydrogens (tertiary/aromatic N) is 3. The predicted octanol–water partition coefficient (Wildman–Crippen LogP) is 3.82. The lowest BCUT2D eigenvalue weighted by Crippen LogP contribution is -2.30. The Labute approximate surface area is 165 Å². The normalized spacial score (nSPS) is 11.2. The SMILES string of the molecule is CCc1nc2c(sc3ncccc32)c(=O)n1CC(=O)Nc1ccc(C)c(C)c1. The highest BCUT2D eigenvalue weighted by atomic mass is 32.1. The number of aromatic nitrogens is 3. The summed E-state index contributed by atoms with van der Waals surface area (Å²) in [5.41, 5.74) is 3.46. The molecule has 4 rings (SSSR count). The summed E-state index contributed by atoms with van der Waals surface area (Å²) in [6.07, 6.45) is 2.26. The second-order valence-electron chi connectivity index (χ2n) is 6.76. The number of thiophene rings is 1. The van der Waals surface area contributed by atoms with Crippen molar-refractivity contribution in [3.63, 3.8) is 0 Å². The molecular weight excluding hydrogens is 372 g/mol. The van der Waals surface area contributed by atoms with Crippen LogP contribution in [0.1, 0.15) is 23.9 Å². The zero-order chi connectivity index (χ0) is 19.8. The van der Waals surface area contributed by atoms with Crippen LogP contribution in [0.25, 0.3) is 20.4 Å². The fourth-order valence-corrected chi connectivity index (χ4v) is 4.23. The van der Waals surface area contributed by atoms with Crippen LogP contribution in [0.5, 0.6) is 0 Å². The van der Waals surface area contributed by atoms with Crippen molar-refractivity contribution in [2.45, 2.75) is 33.7 Å². The van der Waals surface area contributed by atoms with Crippen LogP contribution in [0.4, 0.5) is 5.69 Å². The average molecular weight is 392 g/mol. The third-order valence-corrected chi connectivity index (χ3v) is 5.93. The lowest BCUT2D eigenvalue weighted by atomic mass is 10.1. The van der Waals surface area contributed by atoms with Gasteiger partial charge in [-0.1, -0.05) is 13.0 Å². The van der Waals surface area contributed by atoms with Crippen LogP contribution in [-0.2, 0) is 17.8 Å².